The Morgan fingerprint density at radius 3 is 2.52 bits per heavy atom. The van der Waals surface area contributed by atoms with Crippen LogP contribution in [0.1, 0.15) is 27.2 Å². The molecule has 2 aromatic carbocycles. The van der Waals surface area contributed by atoms with E-state index >= 15 is 0 Å². The second-order valence-electron chi connectivity index (χ2n) is 6.65. The van der Waals surface area contributed by atoms with Crippen molar-refractivity contribution in [2.75, 3.05) is 11.9 Å². The SMILES string of the molecule is Cc1c(C#N)c(NC(=O)COC(=O)c2cccc([N+](=O)[O-])c2)n(-c2ccccc2)c1C. The van der Waals surface area contributed by atoms with Crippen molar-refractivity contribution in [3.05, 3.63) is 87.1 Å². The molecule has 0 aliphatic carbocycles. The molecule has 0 radical (unpaired) electrons. The molecule has 3 rings (SSSR count). The maximum absolute atomic E-state index is 12.5. The third-order valence-electron chi connectivity index (χ3n) is 4.72. The van der Waals surface area contributed by atoms with Gasteiger partial charge in [0.15, 0.2) is 6.61 Å². The van der Waals surface area contributed by atoms with E-state index in [1.54, 1.807) is 11.5 Å². The van der Waals surface area contributed by atoms with Crippen molar-refractivity contribution in [2.24, 2.45) is 0 Å². The maximum atomic E-state index is 12.5. The number of benzene rings is 2. The lowest BCUT2D eigenvalue weighted by Gasteiger charge is -2.13. The molecule has 9 nitrogen and oxygen atoms in total. The Morgan fingerprint density at radius 2 is 1.87 bits per heavy atom. The van der Waals surface area contributed by atoms with Gasteiger partial charge in [-0.25, -0.2) is 4.79 Å². The van der Waals surface area contributed by atoms with Gasteiger partial charge in [0, 0.05) is 23.5 Å². The fourth-order valence-corrected chi connectivity index (χ4v) is 3.09. The summed E-state index contributed by atoms with van der Waals surface area (Å²) in [6, 6.07) is 16.3. The van der Waals surface area contributed by atoms with Gasteiger partial charge >= 0.3 is 5.97 Å². The molecule has 0 atom stereocenters. The number of nitrogens with zero attached hydrogens (tertiary/aromatic N) is 3. The molecule has 1 aromatic heterocycles. The van der Waals surface area contributed by atoms with Gasteiger partial charge in [0.2, 0.25) is 0 Å². The van der Waals surface area contributed by atoms with Crippen molar-refractivity contribution in [1.82, 2.24) is 4.57 Å². The van der Waals surface area contributed by atoms with Crippen LogP contribution in [-0.2, 0) is 9.53 Å². The van der Waals surface area contributed by atoms with E-state index in [0.717, 1.165) is 23.0 Å². The van der Waals surface area contributed by atoms with Crippen molar-refractivity contribution < 1.29 is 19.2 Å². The zero-order chi connectivity index (χ0) is 22.5. The van der Waals surface area contributed by atoms with Crippen molar-refractivity contribution >= 4 is 23.4 Å². The third-order valence-corrected chi connectivity index (χ3v) is 4.72. The molecule has 0 spiro atoms. The summed E-state index contributed by atoms with van der Waals surface area (Å²) in [4.78, 5) is 34.9. The van der Waals surface area contributed by atoms with Gasteiger partial charge in [0.1, 0.15) is 11.9 Å². The third kappa shape index (κ3) is 4.43. The van der Waals surface area contributed by atoms with Crippen LogP contribution in [0.5, 0.6) is 0 Å². The highest BCUT2D eigenvalue weighted by Crippen LogP contribution is 2.29. The lowest BCUT2D eigenvalue weighted by molar-refractivity contribution is -0.384. The molecule has 9 heteroatoms. The molecule has 3 aromatic rings. The zero-order valence-electron chi connectivity index (χ0n) is 16.8. The summed E-state index contributed by atoms with van der Waals surface area (Å²) >= 11 is 0. The van der Waals surface area contributed by atoms with Crippen LogP contribution in [0.15, 0.2) is 54.6 Å². The molecule has 1 heterocycles. The summed E-state index contributed by atoms with van der Waals surface area (Å²) in [5, 5.41) is 23.1. The van der Waals surface area contributed by atoms with E-state index in [1.165, 1.54) is 18.2 Å². The molecule has 1 N–H and O–H groups in total. The molecule has 31 heavy (non-hydrogen) atoms. The Kier molecular flexibility index (Phi) is 6.12. The number of non-ortho nitro benzene ring substituents is 1. The molecule has 0 saturated heterocycles. The van der Waals surface area contributed by atoms with Crippen LogP contribution in [0.2, 0.25) is 0 Å². The molecule has 0 aliphatic heterocycles. The quantitative estimate of drug-likeness (QED) is 0.370. The molecule has 0 unspecified atom stereocenters. The number of nitriles is 1. The van der Waals surface area contributed by atoms with E-state index in [-0.39, 0.29) is 17.1 Å². The Bertz CT molecular complexity index is 1210. The second kappa shape index (κ2) is 8.92. The predicted molar refractivity (Wildman–Crippen MR) is 112 cm³/mol. The van der Waals surface area contributed by atoms with Crippen molar-refractivity contribution in [2.45, 2.75) is 13.8 Å². The number of hydrogen-bond donors (Lipinski definition) is 1. The standard InChI is InChI=1S/C22H18N4O5/c1-14-15(2)25(17-8-4-3-5-9-17)21(19(14)12-23)24-20(27)13-31-22(28)16-7-6-10-18(11-16)26(29)30/h3-11H,13H2,1-2H3,(H,24,27). The Hall–Kier alpha value is -4.45. The number of para-hydroxylation sites is 1. The van der Waals surface area contributed by atoms with E-state index in [0.29, 0.717) is 5.56 Å². The average Bonchev–Trinajstić information content (AvgIpc) is 3.01. The largest absolute Gasteiger partial charge is 0.452 e. The molecule has 0 bridgehead atoms. The lowest BCUT2D eigenvalue weighted by Crippen LogP contribution is -2.23. The van der Waals surface area contributed by atoms with Crippen molar-refractivity contribution in [3.63, 3.8) is 0 Å². The number of aromatic nitrogens is 1. The number of nitro groups is 1. The molecule has 1 amide bonds. The van der Waals surface area contributed by atoms with Crippen LogP contribution in [0.3, 0.4) is 0 Å². The number of esters is 1. The Morgan fingerprint density at radius 1 is 1.16 bits per heavy atom. The number of nitrogens with one attached hydrogen (secondary N) is 1. The zero-order valence-corrected chi connectivity index (χ0v) is 16.8. The summed E-state index contributed by atoms with van der Waals surface area (Å²) in [6.45, 7) is 3.00. The number of hydrogen-bond acceptors (Lipinski definition) is 6. The first kappa shape index (κ1) is 21.3. The highest BCUT2D eigenvalue weighted by molar-refractivity contribution is 5.96. The number of nitro benzene ring substituents is 1. The number of carbonyl (C=O) groups is 2. The first-order valence-corrected chi connectivity index (χ1v) is 9.22. The first-order chi connectivity index (χ1) is 14.8. The predicted octanol–water partition coefficient (Wildman–Crippen LogP) is 3.67. The van der Waals surface area contributed by atoms with Crippen LogP contribution in [0.4, 0.5) is 11.5 Å². The average molecular weight is 418 g/mol. The minimum Gasteiger partial charge on any atom is -0.452 e. The monoisotopic (exact) mass is 418 g/mol. The number of rotatable bonds is 6. The van der Waals surface area contributed by atoms with Crippen LogP contribution in [0.25, 0.3) is 5.69 Å². The highest BCUT2D eigenvalue weighted by atomic mass is 16.6. The van der Waals surface area contributed by atoms with E-state index in [2.05, 4.69) is 11.4 Å². The summed E-state index contributed by atoms with van der Waals surface area (Å²) in [5.41, 5.74) is 2.26. The van der Waals surface area contributed by atoms with Gasteiger partial charge in [-0.05, 0) is 37.6 Å². The van der Waals surface area contributed by atoms with Gasteiger partial charge < -0.3 is 10.1 Å². The van der Waals surface area contributed by atoms with E-state index in [1.807, 2.05) is 37.3 Å². The molecule has 0 saturated carbocycles. The highest BCUT2D eigenvalue weighted by Gasteiger charge is 2.21. The van der Waals surface area contributed by atoms with Crippen molar-refractivity contribution in [1.29, 1.82) is 5.26 Å². The second-order valence-corrected chi connectivity index (χ2v) is 6.65. The van der Waals surface area contributed by atoms with Crippen LogP contribution in [0, 0.1) is 35.3 Å². The number of ether oxygens (including phenoxy) is 1. The molecular weight excluding hydrogens is 400 g/mol. The van der Waals surface area contributed by atoms with Crippen LogP contribution in [-0.4, -0.2) is 28.0 Å². The van der Waals surface area contributed by atoms with Crippen LogP contribution < -0.4 is 5.32 Å². The molecule has 0 fully saturated rings. The smallest absolute Gasteiger partial charge is 0.338 e. The molecular formula is C22H18N4O5. The minimum atomic E-state index is -0.870. The van der Waals surface area contributed by atoms with Gasteiger partial charge in [-0.1, -0.05) is 24.3 Å². The van der Waals surface area contributed by atoms with Gasteiger partial charge in [-0.2, -0.15) is 5.26 Å². The summed E-state index contributed by atoms with van der Waals surface area (Å²) in [7, 11) is 0. The maximum Gasteiger partial charge on any atom is 0.338 e. The summed E-state index contributed by atoms with van der Waals surface area (Å²) in [6.07, 6.45) is 0. The van der Waals surface area contributed by atoms with Gasteiger partial charge in [-0.15, -0.1) is 0 Å². The van der Waals surface area contributed by atoms with Gasteiger partial charge in [-0.3, -0.25) is 19.5 Å². The fourth-order valence-electron chi connectivity index (χ4n) is 3.09. The first-order valence-electron chi connectivity index (χ1n) is 9.22. The minimum absolute atomic E-state index is 0.0425. The molecule has 0 aliphatic rings. The van der Waals surface area contributed by atoms with Gasteiger partial charge in [0.05, 0.1) is 16.1 Å². The normalized spacial score (nSPS) is 10.2. The molecule has 156 valence electrons. The van der Waals surface area contributed by atoms with E-state index < -0.39 is 23.4 Å². The van der Waals surface area contributed by atoms with E-state index in [4.69, 9.17) is 4.74 Å². The lowest BCUT2D eigenvalue weighted by atomic mass is 10.2. The van der Waals surface area contributed by atoms with Crippen LogP contribution >= 0.6 is 0 Å². The van der Waals surface area contributed by atoms with Gasteiger partial charge in [0.25, 0.3) is 11.6 Å². The Balaban J connectivity index is 1.79. The fraction of sp³-hybridized carbons (Fsp3) is 0.136. The summed E-state index contributed by atoms with van der Waals surface area (Å²) in [5.74, 6) is -1.24. The number of amides is 1. The topological polar surface area (TPSA) is 127 Å². The summed E-state index contributed by atoms with van der Waals surface area (Å²) < 4.78 is 6.73. The number of carbonyl (C=O) groups excluding carboxylic acids is 2. The van der Waals surface area contributed by atoms with E-state index in [9.17, 15) is 25.0 Å². The Labute approximate surface area is 177 Å². The van der Waals surface area contributed by atoms with Crippen molar-refractivity contribution in [3.8, 4) is 11.8 Å². The number of anilines is 1.